The number of aliphatic hydroxyl groups is 1. The molecule has 1 aliphatic rings. The van der Waals surface area contributed by atoms with Gasteiger partial charge < -0.3 is 5.11 Å². The summed E-state index contributed by atoms with van der Waals surface area (Å²) in [4.78, 5) is 0.0744. The Morgan fingerprint density at radius 1 is 1.21 bits per heavy atom. The fraction of sp³-hybridized carbons (Fsp3) is 0.500. The van der Waals surface area contributed by atoms with Crippen LogP contribution in [0.1, 0.15) is 19.3 Å². The summed E-state index contributed by atoms with van der Waals surface area (Å²) in [5, 5.41) is 9.88. The second kappa shape index (κ2) is 5.97. The first-order valence-corrected chi connectivity index (χ1v) is 8.23. The van der Waals surface area contributed by atoms with Crippen molar-refractivity contribution in [1.29, 1.82) is 0 Å². The minimum atomic E-state index is -3.66. The van der Waals surface area contributed by atoms with Crippen LogP contribution in [0.5, 0.6) is 0 Å². The summed E-state index contributed by atoms with van der Waals surface area (Å²) < 4.78 is 26.5. The number of hydrogen-bond acceptors (Lipinski definition) is 3. The SMILES string of the molecule is O=S(=O)(c1cc(Cl)cc(Cl)c1)N1CCCCC1CO. The van der Waals surface area contributed by atoms with Gasteiger partial charge in [-0.05, 0) is 31.0 Å². The van der Waals surface area contributed by atoms with Crippen LogP contribution >= 0.6 is 23.2 Å². The lowest BCUT2D eigenvalue weighted by Gasteiger charge is -2.33. The molecular weight excluding hydrogens is 309 g/mol. The van der Waals surface area contributed by atoms with E-state index in [2.05, 4.69) is 0 Å². The van der Waals surface area contributed by atoms with Gasteiger partial charge in [-0.3, -0.25) is 0 Å². The minimum Gasteiger partial charge on any atom is -0.395 e. The summed E-state index contributed by atoms with van der Waals surface area (Å²) in [6.45, 7) is 0.241. The molecule has 19 heavy (non-hydrogen) atoms. The molecule has 0 spiro atoms. The van der Waals surface area contributed by atoms with Crippen molar-refractivity contribution < 1.29 is 13.5 Å². The Kier molecular flexibility index (Phi) is 4.74. The molecule has 1 atom stereocenters. The van der Waals surface area contributed by atoms with Crippen molar-refractivity contribution in [2.45, 2.75) is 30.2 Å². The van der Waals surface area contributed by atoms with Gasteiger partial charge in [-0.15, -0.1) is 0 Å². The number of sulfonamides is 1. The number of nitrogens with zero attached hydrogens (tertiary/aromatic N) is 1. The van der Waals surface area contributed by atoms with Crippen molar-refractivity contribution in [1.82, 2.24) is 4.31 Å². The van der Waals surface area contributed by atoms with Gasteiger partial charge in [-0.2, -0.15) is 4.31 Å². The summed E-state index contributed by atoms with van der Waals surface area (Å²) in [5.74, 6) is 0. The molecule has 1 heterocycles. The maximum atomic E-state index is 12.6. The van der Waals surface area contributed by atoms with Crippen LogP contribution in [0.3, 0.4) is 0 Å². The number of aliphatic hydroxyl groups excluding tert-OH is 1. The first-order chi connectivity index (χ1) is 8.95. The summed E-state index contributed by atoms with van der Waals surface area (Å²) in [6, 6.07) is 3.89. The maximum absolute atomic E-state index is 12.6. The highest BCUT2D eigenvalue weighted by Crippen LogP contribution is 2.28. The molecule has 1 N–H and O–H groups in total. The van der Waals surface area contributed by atoms with E-state index in [1.807, 2.05) is 0 Å². The van der Waals surface area contributed by atoms with Crippen LogP contribution in [0.2, 0.25) is 10.0 Å². The van der Waals surface area contributed by atoms with Crippen LogP contribution in [-0.4, -0.2) is 37.0 Å². The predicted molar refractivity (Wildman–Crippen MR) is 75.1 cm³/mol. The number of halogens is 2. The van der Waals surface area contributed by atoms with Gasteiger partial charge in [-0.25, -0.2) is 8.42 Å². The van der Waals surface area contributed by atoms with Gasteiger partial charge in [0, 0.05) is 22.6 Å². The Morgan fingerprint density at radius 3 is 2.42 bits per heavy atom. The van der Waals surface area contributed by atoms with E-state index in [4.69, 9.17) is 23.2 Å². The molecule has 0 aliphatic carbocycles. The molecule has 1 aromatic rings. The Labute approximate surface area is 123 Å². The number of piperidine rings is 1. The lowest BCUT2D eigenvalue weighted by molar-refractivity contribution is 0.155. The van der Waals surface area contributed by atoms with E-state index in [1.165, 1.54) is 22.5 Å². The van der Waals surface area contributed by atoms with Crippen LogP contribution in [-0.2, 0) is 10.0 Å². The topological polar surface area (TPSA) is 57.6 Å². The van der Waals surface area contributed by atoms with Gasteiger partial charge in [0.05, 0.1) is 11.5 Å². The zero-order valence-electron chi connectivity index (χ0n) is 10.2. The second-order valence-electron chi connectivity index (χ2n) is 4.55. The van der Waals surface area contributed by atoms with Crippen LogP contribution in [0.4, 0.5) is 0 Å². The van der Waals surface area contributed by atoms with Gasteiger partial charge in [0.2, 0.25) is 10.0 Å². The van der Waals surface area contributed by atoms with Gasteiger partial charge in [0.1, 0.15) is 0 Å². The molecule has 1 saturated heterocycles. The fourth-order valence-corrected chi connectivity index (χ4v) is 4.70. The van der Waals surface area contributed by atoms with E-state index in [1.54, 1.807) is 0 Å². The molecule has 0 amide bonds. The Hall–Kier alpha value is -0.330. The van der Waals surface area contributed by atoms with Crippen molar-refractivity contribution in [2.75, 3.05) is 13.2 Å². The molecule has 0 radical (unpaired) electrons. The molecule has 1 fully saturated rings. The number of hydrogen-bond donors (Lipinski definition) is 1. The van der Waals surface area contributed by atoms with Gasteiger partial charge in [-0.1, -0.05) is 29.6 Å². The highest BCUT2D eigenvalue weighted by Gasteiger charge is 2.33. The van der Waals surface area contributed by atoms with E-state index in [0.717, 1.165) is 12.8 Å². The third-order valence-corrected chi connectivity index (χ3v) is 5.59. The largest absolute Gasteiger partial charge is 0.395 e. The maximum Gasteiger partial charge on any atom is 0.243 e. The molecule has 1 unspecified atom stereocenters. The molecule has 106 valence electrons. The van der Waals surface area contributed by atoms with Crippen molar-refractivity contribution in [3.63, 3.8) is 0 Å². The Morgan fingerprint density at radius 2 is 1.84 bits per heavy atom. The number of benzene rings is 1. The van der Waals surface area contributed by atoms with Crippen molar-refractivity contribution >= 4 is 33.2 Å². The fourth-order valence-electron chi connectivity index (χ4n) is 2.29. The summed E-state index contributed by atoms with van der Waals surface area (Å²) in [5.41, 5.74) is 0. The third kappa shape index (κ3) is 3.23. The van der Waals surface area contributed by atoms with Crippen molar-refractivity contribution in [3.8, 4) is 0 Å². The Bertz CT molecular complexity index is 542. The standard InChI is InChI=1S/C12H15Cl2NO3S/c13-9-5-10(14)7-12(6-9)19(17,18)15-4-2-1-3-11(15)8-16/h5-7,11,16H,1-4,8H2. The Balaban J connectivity index is 2.40. The third-order valence-electron chi connectivity index (χ3n) is 3.23. The summed E-state index contributed by atoms with van der Waals surface area (Å²) >= 11 is 11.7. The van der Waals surface area contributed by atoms with Crippen molar-refractivity contribution in [3.05, 3.63) is 28.2 Å². The van der Waals surface area contributed by atoms with Crippen LogP contribution in [0, 0.1) is 0 Å². The minimum absolute atomic E-state index is 0.0744. The zero-order valence-corrected chi connectivity index (χ0v) is 12.5. The summed E-state index contributed by atoms with van der Waals surface area (Å²) in [7, 11) is -3.66. The van der Waals surface area contributed by atoms with E-state index < -0.39 is 10.0 Å². The highest BCUT2D eigenvalue weighted by molar-refractivity contribution is 7.89. The van der Waals surface area contributed by atoms with E-state index >= 15 is 0 Å². The molecule has 1 aromatic carbocycles. The van der Waals surface area contributed by atoms with Crippen molar-refractivity contribution in [2.24, 2.45) is 0 Å². The highest BCUT2D eigenvalue weighted by atomic mass is 35.5. The molecule has 0 bridgehead atoms. The van der Waals surface area contributed by atoms with Gasteiger partial charge in [0.25, 0.3) is 0 Å². The molecule has 7 heteroatoms. The molecule has 4 nitrogen and oxygen atoms in total. The second-order valence-corrected chi connectivity index (χ2v) is 7.32. The normalized spacial score (nSPS) is 21.5. The molecule has 1 aliphatic heterocycles. The lowest BCUT2D eigenvalue weighted by Crippen LogP contribution is -2.45. The van der Waals surface area contributed by atoms with Gasteiger partial charge in [0.15, 0.2) is 0 Å². The first kappa shape index (κ1) is 15.1. The van der Waals surface area contributed by atoms with Crippen LogP contribution < -0.4 is 0 Å². The number of rotatable bonds is 3. The predicted octanol–water partition coefficient (Wildman–Crippen LogP) is 2.53. The smallest absolute Gasteiger partial charge is 0.243 e. The van der Waals surface area contributed by atoms with Gasteiger partial charge >= 0.3 is 0 Å². The first-order valence-electron chi connectivity index (χ1n) is 6.04. The monoisotopic (exact) mass is 323 g/mol. The summed E-state index contributed by atoms with van der Waals surface area (Å²) in [6.07, 6.45) is 2.39. The molecule has 0 aromatic heterocycles. The van der Waals surface area contributed by atoms with Crippen LogP contribution in [0.15, 0.2) is 23.1 Å². The lowest BCUT2D eigenvalue weighted by atomic mass is 10.1. The van der Waals surface area contributed by atoms with E-state index in [9.17, 15) is 13.5 Å². The van der Waals surface area contributed by atoms with E-state index in [0.29, 0.717) is 13.0 Å². The quantitative estimate of drug-likeness (QED) is 0.929. The van der Waals surface area contributed by atoms with E-state index in [-0.39, 0.29) is 27.6 Å². The average Bonchev–Trinajstić information content (AvgIpc) is 2.37. The molecule has 0 saturated carbocycles. The average molecular weight is 324 g/mol. The zero-order chi connectivity index (χ0) is 14.0. The molecular formula is C12H15Cl2NO3S. The molecule has 2 rings (SSSR count). The van der Waals surface area contributed by atoms with Crippen LogP contribution in [0.25, 0.3) is 0 Å².